The Bertz CT molecular complexity index is 1190. The molecular formula is C20H14ClF2N3O3. The fourth-order valence-electron chi connectivity index (χ4n) is 2.99. The Labute approximate surface area is 168 Å². The van der Waals surface area contributed by atoms with E-state index in [1.165, 1.54) is 19.1 Å². The summed E-state index contributed by atoms with van der Waals surface area (Å²) >= 11 is 6.11. The fraction of sp³-hybridized carbons (Fsp3) is 0.150. The largest absolute Gasteiger partial charge is 0.450 e. The van der Waals surface area contributed by atoms with Crippen LogP contribution in [0, 0.1) is 0 Å². The number of imidazole rings is 1. The maximum atomic E-state index is 13.6. The Morgan fingerprint density at radius 2 is 1.90 bits per heavy atom. The number of hydrogen-bond donors (Lipinski definition) is 0. The molecule has 29 heavy (non-hydrogen) atoms. The number of esters is 1. The lowest BCUT2D eigenvalue weighted by Gasteiger charge is -2.14. The molecule has 4 rings (SSSR count). The van der Waals surface area contributed by atoms with E-state index in [0.29, 0.717) is 16.1 Å². The van der Waals surface area contributed by atoms with Crippen LogP contribution in [0.25, 0.3) is 22.4 Å². The monoisotopic (exact) mass is 417 g/mol. The zero-order valence-electron chi connectivity index (χ0n) is 15.1. The number of carbonyl (C=O) groups excluding carboxylic acids is 1. The van der Waals surface area contributed by atoms with Crippen molar-refractivity contribution in [2.24, 2.45) is 0 Å². The summed E-state index contributed by atoms with van der Waals surface area (Å²) in [5.41, 5.74) is 1.09. The molecule has 2 heterocycles. The molecule has 0 unspecified atom stereocenters. The molecule has 0 aliphatic carbocycles. The first-order valence-electron chi connectivity index (χ1n) is 8.63. The van der Waals surface area contributed by atoms with Gasteiger partial charge in [0.25, 0.3) is 0 Å². The first kappa shape index (κ1) is 19.1. The number of ether oxygens (including phenoxy) is 1. The molecule has 2 aromatic heterocycles. The molecule has 2 aromatic carbocycles. The average molecular weight is 418 g/mol. The number of nitrogens with zero attached hydrogens (tertiary/aromatic N) is 3. The molecule has 0 aliphatic rings. The summed E-state index contributed by atoms with van der Waals surface area (Å²) in [6, 6.07) is 14.8. The smallest absolute Gasteiger partial charge is 0.361 e. The summed E-state index contributed by atoms with van der Waals surface area (Å²) in [5.74, 6) is -0.605. The van der Waals surface area contributed by atoms with Gasteiger partial charge in [0.15, 0.2) is 23.4 Å². The van der Waals surface area contributed by atoms with E-state index in [4.69, 9.17) is 20.9 Å². The van der Waals surface area contributed by atoms with Gasteiger partial charge >= 0.3 is 12.5 Å². The molecule has 4 aromatic rings. The third-order valence-electron chi connectivity index (χ3n) is 4.32. The Morgan fingerprint density at radius 1 is 1.17 bits per heavy atom. The summed E-state index contributed by atoms with van der Waals surface area (Å²) in [5, 5.41) is 4.13. The minimum absolute atomic E-state index is 0.0654. The van der Waals surface area contributed by atoms with Crippen molar-refractivity contribution in [3.05, 3.63) is 71.1 Å². The Kier molecular flexibility index (Phi) is 5.02. The number of carbonyl (C=O) groups is 1. The van der Waals surface area contributed by atoms with E-state index in [0.717, 1.165) is 4.57 Å². The number of hydrogen-bond acceptors (Lipinski definition) is 5. The van der Waals surface area contributed by atoms with Crippen LogP contribution in [0.15, 0.2) is 59.1 Å². The fourth-order valence-corrected chi connectivity index (χ4v) is 3.22. The van der Waals surface area contributed by atoms with Gasteiger partial charge in [0.2, 0.25) is 0 Å². The van der Waals surface area contributed by atoms with Crippen LogP contribution >= 0.6 is 11.6 Å². The Morgan fingerprint density at radius 3 is 2.66 bits per heavy atom. The zero-order chi connectivity index (χ0) is 20.5. The minimum atomic E-state index is -2.84. The molecule has 0 bridgehead atoms. The Balaban J connectivity index is 1.59. The van der Waals surface area contributed by atoms with Gasteiger partial charge in [0.1, 0.15) is 0 Å². The normalized spacial score (nSPS) is 12.4. The molecule has 6 nitrogen and oxygen atoms in total. The number of halogens is 3. The standard InChI is InChI=1S/C20H14ClF2N3O3/c1-11(18-24-14-8-4-5-9-16(14)26(18)20(22)23)28-19(27)15-10-17(29-25-15)12-6-2-3-7-13(12)21/h2-11,20H,1H3/t11-/m0/s1. The van der Waals surface area contributed by atoms with Crippen LogP contribution in [0.5, 0.6) is 0 Å². The van der Waals surface area contributed by atoms with E-state index in [2.05, 4.69) is 10.1 Å². The molecule has 0 fully saturated rings. The second-order valence-corrected chi connectivity index (χ2v) is 6.62. The predicted molar refractivity (Wildman–Crippen MR) is 102 cm³/mol. The zero-order valence-corrected chi connectivity index (χ0v) is 15.8. The van der Waals surface area contributed by atoms with Gasteiger partial charge < -0.3 is 9.26 Å². The lowest BCUT2D eigenvalue weighted by molar-refractivity contribution is 0.0223. The molecule has 0 amide bonds. The van der Waals surface area contributed by atoms with E-state index in [9.17, 15) is 13.6 Å². The van der Waals surface area contributed by atoms with Crippen molar-refractivity contribution in [3.8, 4) is 11.3 Å². The Hall–Kier alpha value is -3.26. The van der Waals surface area contributed by atoms with Gasteiger partial charge in [0.05, 0.1) is 16.1 Å². The van der Waals surface area contributed by atoms with Crippen molar-refractivity contribution in [3.63, 3.8) is 0 Å². The maximum Gasteiger partial charge on any atom is 0.361 e. The van der Waals surface area contributed by atoms with E-state index >= 15 is 0 Å². The number of para-hydroxylation sites is 2. The molecule has 0 saturated heterocycles. The molecule has 0 radical (unpaired) electrons. The van der Waals surface area contributed by atoms with Crippen molar-refractivity contribution in [1.82, 2.24) is 14.7 Å². The number of aromatic nitrogens is 3. The number of fused-ring (bicyclic) bond motifs is 1. The van der Waals surface area contributed by atoms with Gasteiger partial charge in [0, 0.05) is 11.6 Å². The van der Waals surface area contributed by atoms with E-state index in [1.807, 2.05) is 0 Å². The summed E-state index contributed by atoms with van der Waals surface area (Å²) in [6.07, 6.45) is -1.04. The van der Waals surface area contributed by atoms with Crippen LogP contribution < -0.4 is 0 Å². The molecule has 1 atom stereocenters. The van der Waals surface area contributed by atoms with Crippen LogP contribution in [0.3, 0.4) is 0 Å². The molecule has 0 spiro atoms. The summed E-state index contributed by atoms with van der Waals surface area (Å²) in [6.45, 7) is -1.37. The summed E-state index contributed by atoms with van der Waals surface area (Å²) in [7, 11) is 0. The second kappa shape index (κ2) is 7.63. The van der Waals surface area contributed by atoms with Crippen molar-refractivity contribution >= 4 is 28.6 Å². The summed E-state index contributed by atoms with van der Waals surface area (Å²) < 4.78 is 38.4. The SMILES string of the molecule is C[C@H](OC(=O)c1cc(-c2ccccc2Cl)on1)c1nc2ccccc2n1C(F)F. The van der Waals surface area contributed by atoms with Gasteiger partial charge in [-0.25, -0.2) is 9.78 Å². The van der Waals surface area contributed by atoms with Crippen LogP contribution in [-0.4, -0.2) is 20.7 Å². The van der Waals surface area contributed by atoms with Gasteiger partial charge in [-0.3, -0.25) is 4.57 Å². The molecule has 0 saturated carbocycles. The number of rotatable bonds is 5. The third-order valence-corrected chi connectivity index (χ3v) is 4.65. The van der Waals surface area contributed by atoms with E-state index in [1.54, 1.807) is 42.5 Å². The first-order valence-corrected chi connectivity index (χ1v) is 9.01. The van der Waals surface area contributed by atoms with Gasteiger partial charge in [-0.15, -0.1) is 0 Å². The van der Waals surface area contributed by atoms with Crippen LogP contribution in [0.4, 0.5) is 8.78 Å². The van der Waals surface area contributed by atoms with Crippen LogP contribution in [-0.2, 0) is 4.74 Å². The van der Waals surface area contributed by atoms with Gasteiger partial charge in [-0.2, -0.15) is 8.78 Å². The van der Waals surface area contributed by atoms with E-state index in [-0.39, 0.29) is 22.8 Å². The summed E-state index contributed by atoms with van der Waals surface area (Å²) in [4.78, 5) is 16.6. The van der Waals surface area contributed by atoms with Gasteiger partial charge in [-0.1, -0.05) is 41.0 Å². The number of alkyl halides is 2. The molecule has 0 N–H and O–H groups in total. The highest BCUT2D eigenvalue weighted by atomic mass is 35.5. The average Bonchev–Trinajstić information content (AvgIpc) is 3.33. The molecule has 148 valence electrons. The number of benzene rings is 2. The van der Waals surface area contributed by atoms with Crippen LogP contribution in [0.1, 0.15) is 35.9 Å². The van der Waals surface area contributed by atoms with Crippen molar-refractivity contribution < 1.29 is 22.8 Å². The second-order valence-electron chi connectivity index (χ2n) is 6.21. The lowest BCUT2D eigenvalue weighted by Crippen LogP contribution is -2.14. The third kappa shape index (κ3) is 3.58. The highest BCUT2D eigenvalue weighted by molar-refractivity contribution is 6.33. The van der Waals surface area contributed by atoms with Crippen molar-refractivity contribution in [1.29, 1.82) is 0 Å². The minimum Gasteiger partial charge on any atom is -0.450 e. The highest BCUT2D eigenvalue weighted by Gasteiger charge is 2.26. The molecule has 9 heteroatoms. The first-order chi connectivity index (χ1) is 14.0. The van der Waals surface area contributed by atoms with Crippen molar-refractivity contribution in [2.45, 2.75) is 19.6 Å². The van der Waals surface area contributed by atoms with Crippen LogP contribution in [0.2, 0.25) is 5.02 Å². The highest BCUT2D eigenvalue weighted by Crippen LogP contribution is 2.30. The van der Waals surface area contributed by atoms with Gasteiger partial charge in [-0.05, 0) is 31.2 Å². The van der Waals surface area contributed by atoms with E-state index < -0.39 is 18.6 Å². The topological polar surface area (TPSA) is 70.2 Å². The maximum absolute atomic E-state index is 13.6. The van der Waals surface area contributed by atoms with Crippen molar-refractivity contribution in [2.75, 3.05) is 0 Å². The lowest BCUT2D eigenvalue weighted by atomic mass is 10.1. The molecular weight excluding hydrogens is 404 g/mol. The predicted octanol–water partition coefficient (Wildman–Crippen LogP) is 5.66. The quantitative estimate of drug-likeness (QED) is 0.392. The molecule has 0 aliphatic heterocycles.